The largest absolute Gasteiger partial charge is 0.478 e. The average Bonchev–Trinajstić information content (AvgIpc) is 2.89. The third-order valence-electron chi connectivity index (χ3n) is 2.92. The number of carboxylic acids is 1. The molecule has 0 fully saturated rings. The Hall–Kier alpha value is -2.63. The minimum absolute atomic E-state index is 0.128. The maximum atomic E-state index is 11.9. The number of anilines is 1. The number of carbonyl (C=O) groups excluding carboxylic acids is 1. The van der Waals surface area contributed by atoms with Gasteiger partial charge in [0.25, 0.3) is 0 Å². The fourth-order valence-electron chi connectivity index (χ4n) is 1.92. The maximum Gasteiger partial charge on any atom is 0.338 e. The van der Waals surface area contributed by atoms with Gasteiger partial charge in [-0.2, -0.15) is 0 Å². The molecule has 6 heteroatoms. The lowest BCUT2D eigenvalue weighted by Crippen LogP contribution is -2.17. The minimum Gasteiger partial charge on any atom is -0.478 e. The Morgan fingerprint density at radius 1 is 1.40 bits per heavy atom. The number of aromatic nitrogens is 2. The van der Waals surface area contributed by atoms with Crippen LogP contribution in [-0.2, 0) is 11.3 Å². The van der Waals surface area contributed by atoms with E-state index in [1.807, 2.05) is 0 Å². The van der Waals surface area contributed by atoms with Crippen molar-refractivity contribution < 1.29 is 14.7 Å². The van der Waals surface area contributed by atoms with Crippen LogP contribution in [0.1, 0.15) is 22.3 Å². The molecule has 0 saturated carbocycles. The highest BCUT2D eigenvalue weighted by molar-refractivity contribution is 6.01. The number of aromatic carboxylic acids is 1. The van der Waals surface area contributed by atoms with Gasteiger partial charge in [-0.3, -0.25) is 4.79 Å². The minimum atomic E-state index is -1.05. The van der Waals surface area contributed by atoms with E-state index in [0.717, 1.165) is 0 Å². The van der Waals surface area contributed by atoms with Crippen LogP contribution >= 0.6 is 0 Å². The molecule has 0 radical (unpaired) electrons. The molecule has 1 heterocycles. The summed E-state index contributed by atoms with van der Waals surface area (Å²) in [7, 11) is 0. The van der Waals surface area contributed by atoms with E-state index in [1.165, 1.54) is 0 Å². The molecule has 1 amide bonds. The van der Waals surface area contributed by atoms with Crippen LogP contribution in [0.4, 0.5) is 5.69 Å². The van der Waals surface area contributed by atoms with Crippen molar-refractivity contribution in [1.29, 1.82) is 0 Å². The Bertz CT molecular complexity index is 621. The lowest BCUT2D eigenvalue weighted by atomic mass is 10.1. The second-order valence-corrected chi connectivity index (χ2v) is 4.40. The first-order valence-electron chi connectivity index (χ1n) is 6.16. The number of aryl methyl sites for hydroxylation is 2. The molecule has 0 bridgehead atoms. The summed E-state index contributed by atoms with van der Waals surface area (Å²) in [5, 5.41) is 11.8. The first kappa shape index (κ1) is 13.8. The highest BCUT2D eigenvalue weighted by Gasteiger charge is 2.14. The summed E-state index contributed by atoms with van der Waals surface area (Å²) in [5.41, 5.74) is 1.07. The van der Waals surface area contributed by atoms with Crippen LogP contribution in [0.5, 0.6) is 0 Å². The van der Waals surface area contributed by atoms with Crippen LogP contribution in [-0.4, -0.2) is 26.5 Å². The Labute approximate surface area is 116 Å². The number of amides is 1. The zero-order chi connectivity index (χ0) is 14.5. The molecule has 2 rings (SSSR count). The van der Waals surface area contributed by atoms with E-state index in [4.69, 9.17) is 0 Å². The number of benzene rings is 1. The van der Waals surface area contributed by atoms with Gasteiger partial charge in [-0.1, -0.05) is 12.1 Å². The molecular formula is C14H15N3O3. The van der Waals surface area contributed by atoms with E-state index in [9.17, 15) is 14.7 Å². The fourth-order valence-corrected chi connectivity index (χ4v) is 1.92. The standard InChI is InChI=1S/C14H15N3O3/c1-10-3-2-4-11(13(10)14(19)20)16-12(18)5-7-17-8-6-15-9-17/h2-4,6,8-9H,5,7H2,1H3,(H,16,18)(H,19,20). The van der Waals surface area contributed by atoms with Crippen LogP contribution in [0.15, 0.2) is 36.9 Å². The zero-order valence-electron chi connectivity index (χ0n) is 11.0. The third kappa shape index (κ3) is 3.23. The highest BCUT2D eigenvalue weighted by Crippen LogP contribution is 2.19. The molecule has 6 nitrogen and oxygen atoms in total. The summed E-state index contributed by atoms with van der Waals surface area (Å²) in [6, 6.07) is 5.00. The normalized spacial score (nSPS) is 10.2. The van der Waals surface area contributed by atoms with Gasteiger partial charge in [-0.25, -0.2) is 9.78 Å². The number of nitrogens with one attached hydrogen (secondary N) is 1. The predicted molar refractivity (Wildman–Crippen MR) is 73.6 cm³/mol. The third-order valence-corrected chi connectivity index (χ3v) is 2.92. The van der Waals surface area contributed by atoms with Gasteiger partial charge in [0.1, 0.15) is 0 Å². The van der Waals surface area contributed by atoms with Crippen molar-refractivity contribution in [2.75, 3.05) is 5.32 Å². The summed E-state index contributed by atoms with van der Waals surface area (Å²) in [5.74, 6) is -1.28. The Morgan fingerprint density at radius 3 is 2.85 bits per heavy atom. The molecule has 1 aromatic heterocycles. The molecule has 0 aliphatic rings. The monoisotopic (exact) mass is 273 g/mol. The lowest BCUT2D eigenvalue weighted by molar-refractivity contribution is -0.116. The number of hydrogen-bond acceptors (Lipinski definition) is 3. The van der Waals surface area contributed by atoms with Crippen molar-refractivity contribution in [1.82, 2.24) is 9.55 Å². The number of nitrogens with zero attached hydrogens (tertiary/aromatic N) is 2. The van der Waals surface area contributed by atoms with Crippen LogP contribution in [0.2, 0.25) is 0 Å². The van der Waals surface area contributed by atoms with Gasteiger partial charge in [0.2, 0.25) is 5.91 Å². The molecule has 0 unspecified atom stereocenters. The van der Waals surface area contributed by atoms with Gasteiger partial charge in [0.15, 0.2) is 0 Å². The van der Waals surface area contributed by atoms with E-state index >= 15 is 0 Å². The molecule has 104 valence electrons. The average molecular weight is 273 g/mol. The smallest absolute Gasteiger partial charge is 0.338 e. The quantitative estimate of drug-likeness (QED) is 0.871. The number of imidazole rings is 1. The van der Waals surface area contributed by atoms with Gasteiger partial charge in [-0.15, -0.1) is 0 Å². The van der Waals surface area contributed by atoms with E-state index in [-0.39, 0.29) is 17.9 Å². The van der Waals surface area contributed by atoms with E-state index in [2.05, 4.69) is 10.3 Å². The van der Waals surface area contributed by atoms with Crippen molar-refractivity contribution >= 4 is 17.6 Å². The fraction of sp³-hybridized carbons (Fsp3) is 0.214. The Balaban J connectivity index is 2.04. The molecule has 0 atom stereocenters. The van der Waals surface area contributed by atoms with Crippen LogP contribution in [0.25, 0.3) is 0 Å². The summed E-state index contributed by atoms with van der Waals surface area (Å²) in [6.45, 7) is 2.20. The maximum absolute atomic E-state index is 11.9. The molecule has 2 N–H and O–H groups in total. The summed E-state index contributed by atoms with van der Waals surface area (Å²) in [4.78, 5) is 26.9. The topological polar surface area (TPSA) is 84.2 Å². The van der Waals surface area contributed by atoms with Crippen molar-refractivity contribution in [3.8, 4) is 0 Å². The Morgan fingerprint density at radius 2 is 2.20 bits per heavy atom. The van der Waals surface area contributed by atoms with Gasteiger partial charge in [0.05, 0.1) is 17.6 Å². The predicted octanol–water partition coefficient (Wildman–Crippen LogP) is 1.92. The molecule has 2 aromatic rings. The van der Waals surface area contributed by atoms with Gasteiger partial charge < -0.3 is 15.0 Å². The number of hydrogen-bond donors (Lipinski definition) is 2. The van der Waals surface area contributed by atoms with Crippen molar-refractivity contribution in [3.05, 3.63) is 48.0 Å². The molecule has 0 aliphatic heterocycles. The lowest BCUT2D eigenvalue weighted by Gasteiger charge is -2.10. The second kappa shape index (κ2) is 6.01. The van der Waals surface area contributed by atoms with Crippen LogP contribution in [0.3, 0.4) is 0 Å². The van der Waals surface area contributed by atoms with Crippen molar-refractivity contribution in [2.45, 2.75) is 19.9 Å². The van der Waals surface area contributed by atoms with E-state index < -0.39 is 5.97 Å². The van der Waals surface area contributed by atoms with Crippen molar-refractivity contribution in [2.24, 2.45) is 0 Å². The molecule has 20 heavy (non-hydrogen) atoms. The first-order valence-corrected chi connectivity index (χ1v) is 6.16. The first-order chi connectivity index (χ1) is 9.58. The van der Waals surface area contributed by atoms with E-state index in [1.54, 1.807) is 48.4 Å². The summed E-state index contributed by atoms with van der Waals surface area (Å²) >= 11 is 0. The van der Waals surface area contributed by atoms with E-state index in [0.29, 0.717) is 17.8 Å². The molecule has 1 aromatic carbocycles. The summed E-state index contributed by atoms with van der Waals surface area (Å²) < 4.78 is 1.79. The second-order valence-electron chi connectivity index (χ2n) is 4.40. The molecule has 0 aliphatic carbocycles. The number of carbonyl (C=O) groups is 2. The van der Waals surface area contributed by atoms with Crippen molar-refractivity contribution in [3.63, 3.8) is 0 Å². The van der Waals surface area contributed by atoms with Gasteiger partial charge >= 0.3 is 5.97 Å². The van der Waals surface area contributed by atoms with Crippen LogP contribution < -0.4 is 5.32 Å². The van der Waals surface area contributed by atoms with Gasteiger partial charge in [-0.05, 0) is 18.6 Å². The number of carboxylic acid groups (broad SMARTS) is 1. The molecular weight excluding hydrogens is 258 g/mol. The molecule has 0 spiro atoms. The van der Waals surface area contributed by atoms with Gasteiger partial charge in [0, 0.05) is 25.4 Å². The van der Waals surface area contributed by atoms with Crippen LogP contribution in [0, 0.1) is 6.92 Å². The number of rotatable bonds is 5. The zero-order valence-corrected chi connectivity index (χ0v) is 11.0. The highest BCUT2D eigenvalue weighted by atomic mass is 16.4. The summed E-state index contributed by atoms with van der Waals surface area (Å²) in [6.07, 6.45) is 5.29. The Kier molecular flexibility index (Phi) is 4.14. The SMILES string of the molecule is Cc1cccc(NC(=O)CCn2ccnc2)c1C(=O)O. The molecule has 0 saturated heterocycles.